The van der Waals surface area contributed by atoms with Crippen molar-refractivity contribution in [2.75, 3.05) is 12.4 Å². The van der Waals surface area contributed by atoms with Crippen molar-refractivity contribution in [1.29, 1.82) is 0 Å². The number of anilines is 1. The van der Waals surface area contributed by atoms with Gasteiger partial charge in [-0.3, -0.25) is 10.1 Å². The molecule has 1 amide bonds. The van der Waals surface area contributed by atoms with Crippen LogP contribution in [0, 0.1) is 0 Å². The van der Waals surface area contributed by atoms with Gasteiger partial charge in [0.1, 0.15) is 5.76 Å². The summed E-state index contributed by atoms with van der Waals surface area (Å²) in [6.07, 6.45) is 0. The molecule has 0 bridgehead atoms. The average Bonchev–Trinajstić information content (AvgIpc) is 3.33. The Kier molecular flexibility index (Phi) is 4.85. The Morgan fingerprint density at radius 2 is 2.00 bits per heavy atom. The van der Waals surface area contributed by atoms with Crippen LogP contribution in [0.3, 0.4) is 0 Å². The van der Waals surface area contributed by atoms with Crippen LogP contribution in [-0.2, 0) is 4.74 Å². The van der Waals surface area contributed by atoms with E-state index >= 15 is 0 Å². The molecule has 0 aliphatic rings. The predicted octanol–water partition coefficient (Wildman–Crippen LogP) is 5.25. The highest BCUT2D eigenvalue weighted by Gasteiger charge is 2.16. The molecule has 0 aliphatic heterocycles. The van der Waals surface area contributed by atoms with Crippen LogP contribution in [0.2, 0.25) is 5.02 Å². The lowest BCUT2D eigenvalue weighted by Gasteiger charge is -1.99. The number of methoxy groups -OCH3 is 1. The van der Waals surface area contributed by atoms with Gasteiger partial charge in [-0.15, -0.1) is 0 Å². The summed E-state index contributed by atoms with van der Waals surface area (Å²) in [6, 6.07) is 15.5. The minimum atomic E-state index is -0.426. The van der Waals surface area contributed by atoms with Crippen LogP contribution in [0.5, 0.6) is 0 Å². The van der Waals surface area contributed by atoms with Crippen molar-refractivity contribution >= 4 is 50.2 Å². The fraction of sp³-hybridized carbons (Fsp3) is 0.0500. The van der Waals surface area contributed by atoms with Crippen molar-refractivity contribution < 1.29 is 18.7 Å². The van der Waals surface area contributed by atoms with Crippen molar-refractivity contribution in [1.82, 2.24) is 4.98 Å². The smallest absolute Gasteiger partial charge is 0.337 e. The highest BCUT2D eigenvalue weighted by molar-refractivity contribution is 7.22. The molecule has 0 saturated heterocycles. The Labute approximate surface area is 168 Å². The molecule has 28 heavy (non-hydrogen) atoms. The molecule has 0 saturated carbocycles. The molecule has 0 atom stereocenters. The number of halogens is 1. The molecule has 0 unspecified atom stereocenters. The Balaban J connectivity index is 1.54. The maximum absolute atomic E-state index is 12.5. The first-order valence-electron chi connectivity index (χ1n) is 8.19. The Bertz CT molecular complexity index is 1200. The van der Waals surface area contributed by atoms with Crippen molar-refractivity contribution in [3.8, 4) is 11.3 Å². The molecule has 1 N–H and O–H groups in total. The number of carbonyl (C=O) groups is 2. The number of aromatic nitrogens is 1. The summed E-state index contributed by atoms with van der Waals surface area (Å²) in [5, 5.41) is 3.71. The van der Waals surface area contributed by atoms with E-state index in [1.54, 1.807) is 42.5 Å². The molecule has 4 aromatic rings. The molecule has 8 heteroatoms. The van der Waals surface area contributed by atoms with Crippen molar-refractivity contribution in [3.05, 3.63) is 70.9 Å². The largest absolute Gasteiger partial charge is 0.465 e. The third-order valence-corrected chi connectivity index (χ3v) is 5.14. The lowest BCUT2D eigenvalue weighted by Crippen LogP contribution is -2.10. The molecule has 2 aromatic carbocycles. The summed E-state index contributed by atoms with van der Waals surface area (Å²) in [7, 11) is 1.33. The van der Waals surface area contributed by atoms with Crippen molar-refractivity contribution in [2.45, 2.75) is 0 Å². The van der Waals surface area contributed by atoms with E-state index in [0.717, 1.165) is 10.3 Å². The quantitative estimate of drug-likeness (QED) is 0.463. The summed E-state index contributed by atoms with van der Waals surface area (Å²) >= 11 is 7.25. The number of amides is 1. The van der Waals surface area contributed by atoms with E-state index in [9.17, 15) is 9.59 Å². The molecule has 2 heterocycles. The van der Waals surface area contributed by atoms with E-state index in [2.05, 4.69) is 10.3 Å². The fourth-order valence-electron chi connectivity index (χ4n) is 2.64. The van der Waals surface area contributed by atoms with Crippen molar-refractivity contribution in [3.63, 3.8) is 0 Å². The number of fused-ring (bicyclic) bond motifs is 1. The minimum Gasteiger partial charge on any atom is -0.465 e. The van der Waals surface area contributed by atoms with Gasteiger partial charge in [-0.05, 0) is 42.5 Å². The number of benzene rings is 2. The van der Waals surface area contributed by atoms with Gasteiger partial charge in [-0.2, -0.15) is 0 Å². The van der Waals surface area contributed by atoms with E-state index in [4.69, 9.17) is 20.8 Å². The van der Waals surface area contributed by atoms with Crippen LogP contribution in [0.25, 0.3) is 21.5 Å². The summed E-state index contributed by atoms with van der Waals surface area (Å²) in [4.78, 5) is 28.5. The normalized spacial score (nSPS) is 10.8. The summed E-state index contributed by atoms with van der Waals surface area (Å²) < 4.78 is 11.1. The zero-order chi connectivity index (χ0) is 19.7. The SMILES string of the molecule is COC(=O)c1ccc2nc(NC(=O)c3ccc(-c4cccc(Cl)c4)o3)sc2c1. The Hall–Kier alpha value is -3.16. The molecule has 140 valence electrons. The number of esters is 1. The second kappa shape index (κ2) is 7.46. The topological polar surface area (TPSA) is 81.4 Å². The molecular formula is C20H13ClN2O4S. The number of nitrogens with zero attached hydrogens (tertiary/aromatic N) is 1. The summed E-state index contributed by atoms with van der Waals surface area (Å²) in [5.74, 6) is -0.144. The van der Waals surface area contributed by atoms with E-state index in [1.807, 2.05) is 12.1 Å². The molecule has 6 nitrogen and oxygen atoms in total. The van der Waals surface area contributed by atoms with E-state index < -0.39 is 11.9 Å². The highest BCUT2D eigenvalue weighted by atomic mass is 35.5. The number of ether oxygens (including phenoxy) is 1. The number of rotatable bonds is 4. The van der Waals surface area contributed by atoms with Crippen LogP contribution in [0.15, 0.2) is 59.0 Å². The maximum Gasteiger partial charge on any atom is 0.337 e. The monoisotopic (exact) mass is 412 g/mol. The van der Waals surface area contributed by atoms with Gasteiger partial charge >= 0.3 is 5.97 Å². The molecule has 0 spiro atoms. The molecule has 2 aromatic heterocycles. The fourth-order valence-corrected chi connectivity index (χ4v) is 3.73. The predicted molar refractivity (Wildman–Crippen MR) is 108 cm³/mol. The van der Waals surface area contributed by atoms with Crippen LogP contribution in [-0.4, -0.2) is 24.0 Å². The van der Waals surface area contributed by atoms with Crippen LogP contribution in [0.4, 0.5) is 5.13 Å². The van der Waals surface area contributed by atoms with E-state index in [-0.39, 0.29) is 5.76 Å². The number of hydrogen-bond donors (Lipinski definition) is 1. The lowest BCUT2D eigenvalue weighted by atomic mass is 10.2. The second-order valence-corrected chi connectivity index (χ2v) is 7.29. The maximum atomic E-state index is 12.5. The van der Waals surface area contributed by atoms with Gasteiger partial charge in [-0.25, -0.2) is 9.78 Å². The van der Waals surface area contributed by atoms with E-state index in [1.165, 1.54) is 18.4 Å². The number of thiazole rings is 1. The van der Waals surface area contributed by atoms with Gasteiger partial charge in [0.15, 0.2) is 10.9 Å². The summed E-state index contributed by atoms with van der Waals surface area (Å²) in [6.45, 7) is 0. The molecule has 0 aliphatic carbocycles. The molecule has 0 fully saturated rings. The van der Waals surface area contributed by atoms with Gasteiger partial charge < -0.3 is 9.15 Å². The Morgan fingerprint density at radius 1 is 1.14 bits per heavy atom. The van der Waals surface area contributed by atoms with Gasteiger partial charge in [0, 0.05) is 10.6 Å². The lowest BCUT2D eigenvalue weighted by molar-refractivity contribution is 0.0601. The van der Waals surface area contributed by atoms with Crippen LogP contribution < -0.4 is 5.32 Å². The molecule has 0 radical (unpaired) electrons. The third kappa shape index (κ3) is 3.62. The first kappa shape index (κ1) is 18.2. The molecule has 4 rings (SSSR count). The van der Waals surface area contributed by atoms with Gasteiger partial charge in [0.25, 0.3) is 5.91 Å². The first-order valence-corrected chi connectivity index (χ1v) is 9.39. The third-order valence-electron chi connectivity index (χ3n) is 3.97. The average molecular weight is 413 g/mol. The zero-order valence-electron chi connectivity index (χ0n) is 14.6. The van der Waals surface area contributed by atoms with Gasteiger partial charge in [-0.1, -0.05) is 35.1 Å². The molecular weight excluding hydrogens is 400 g/mol. The van der Waals surface area contributed by atoms with Gasteiger partial charge in [0.2, 0.25) is 0 Å². The number of carbonyl (C=O) groups excluding carboxylic acids is 2. The van der Waals surface area contributed by atoms with E-state index in [0.29, 0.717) is 27.0 Å². The van der Waals surface area contributed by atoms with Crippen molar-refractivity contribution in [2.24, 2.45) is 0 Å². The number of furan rings is 1. The standard InChI is InChI=1S/C20H13ClN2O4S/c1-26-19(25)12-5-6-14-17(10-12)28-20(22-14)23-18(24)16-8-7-15(27-16)11-3-2-4-13(21)9-11/h2-10H,1H3,(H,22,23,24). The van der Waals surface area contributed by atoms with Gasteiger partial charge in [0.05, 0.1) is 22.9 Å². The van der Waals surface area contributed by atoms with Crippen LogP contribution in [0.1, 0.15) is 20.9 Å². The van der Waals surface area contributed by atoms with Crippen LogP contribution >= 0.6 is 22.9 Å². The minimum absolute atomic E-state index is 0.157. The number of nitrogens with one attached hydrogen (secondary N) is 1. The summed E-state index contributed by atoms with van der Waals surface area (Å²) in [5.41, 5.74) is 1.88. The zero-order valence-corrected chi connectivity index (χ0v) is 16.1. The Morgan fingerprint density at radius 3 is 2.79 bits per heavy atom. The number of hydrogen-bond acceptors (Lipinski definition) is 6. The first-order chi connectivity index (χ1) is 13.5. The second-order valence-electron chi connectivity index (χ2n) is 5.82. The highest BCUT2D eigenvalue weighted by Crippen LogP contribution is 2.29.